The van der Waals surface area contributed by atoms with Crippen molar-refractivity contribution in [3.8, 4) is 17.1 Å². The quantitative estimate of drug-likeness (QED) is 0.655. The number of hydrogen-bond acceptors (Lipinski definition) is 6. The molecule has 0 bridgehead atoms. The molecule has 2 aromatic heterocycles. The number of hydrogen-bond donors (Lipinski definition) is 2. The van der Waals surface area contributed by atoms with Crippen LogP contribution < -0.4 is 15.4 Å². The Labute approximate surface area is 160 Å². The fourth-order valence-electron chi connectivity index (χ4n) is 2.26. The van der Waals surface area contributed by atoms with E-state index >= 15 is 0 Å². The minimum Gasteiger partial charge on any atom is -0.494 e. The summed E-state index contributed by atoms with van der Waals surface area (Å²) in [5.41, 5.74) is 1.88. The molecule has 7 nitrogen and oxygen atoms in total. The lowest BCUT2D eigenvalue weighted by Gasteiger charge is -2.06. The second-order valence-electron chi connectivity index (χ2n) is 5.44. The summed E-state index contributed by atoms with van der Waals surface area (Å²) in [6, 6.07) is 12.3. The normalized spacial score (nSPS) is 10.3. The first-order valence-corrected chi connectivity index (χ1v) is 9.21. The topological polar surface area (TPSA) is 93.2 Å². The number of ether oxygens (including phenoxy) is 1. The van der Waals surface area contributed by atoms with E-state index < -0.39 is 0 Å². The molecule has 0 atom stereocenters. The molecule has 138 valence electrons. The number of amides is 2. The summed E-state index contributed by atoms with van der Waals surface area (Å²) >= 11 is 1.30. The van der Waals surface area contributed by atoms with Gasteiger partial charge in [0.05, 0.1) is 18.8 Å². The molecular formula is C19H18N4O3S. The number of carbonyl (C=O) groups excluding carboxylic acids is 2. The first-order valence-electron chi connectivity index (χ1n) is 8.33. The number of pyridine rings is 1. The van der Waals surface area contributed by atoms with Crippen LogP contribution in [0, 0.1) is 0 Å². The van der Waals surface area contributed by atoms with E-state index in [2.05, 4.69) is 20.6 Å². The highest BCUT2D eigenvalue weighted by atomic mass is 32.1. The molecule has 27 heavy (non-hydrogen) atoms. The van der Waals surface area contributed by atoms with Crippen LogP contribution in [0.5, 0.6) is 5.75 Å². The predicted molar refractivity (Wildman–Crippen MR) is 104 cm³/mol. The molecule has 0 aliphatic heterocycles. The lowest BCUT2D eigenvalue weighted by atomic mass is 10.2. The van der Waals surface area contributed by atoms with Crippen LogP contribution in [0.25, 0.3) is 11.4 Å². The summed E-state index contributed by atoms with van der Waals surface area (Å²) in [6.07, 6.45) is 1.68. The smallest absolute Gasteiger partial charge is 0.251 e. The average molecular weight is 382 g/mol. The van der Waals surface area contributed by atoms with Gasteiger partial charge in [0, 0.05) is 17.1 Å². The van der Waals surface area contributed by atoms with Crippen LogP contribution in [0.4, 0.5) is 5.13 Å². The Morgan fingerprint density at radius 2 is 1.93 bits per heavy atom. The van der Waals surface area contributed by atoms with Gasteiger partial charge in [-0.2, -0.15) is 0 Å². The number of benzene rings is 1. The second-order valence-corrected chi connectivity index (χ2v) is 6.30. The van der Waals surface area contributed by atoms with Gasteiger partial charge in [0.25, 0.3) is 5.91 Å². The van der Waals surface area contributed by atoms with Crippen LogP contribution in [0.3, 0.4) is 0 Å². The number of rotatable bonds is 7. The molecule has 8 heteroatoms. The zero-order chi connectivity index (χ0) is 19.1. The molecule has 0 saturated carbocycles. The van der Waals surface area contributed by atoms with Gasteiger partial charge in [-0.3, -0.25) is 14.6 Å². The number of nitrogens with zero attached hydrogens (tertiary/aromatic N) is 2. The highest BCUT2D eigenvalue weighted by Crippen LogP contribution is 2.22. The molecule has 0 radical (unpaired) electrons. The zero-order valence-electron chi connectivity index (χ0n) is 14.6. The van der Waals surface area contributed by atoms with E-state index in [1.807, 2.05) is 30.5 Å². The largest absolute Gasteiger partial charge is 0.494 e. The Morgan fingerprint density at radius 1 is 1.11 bits per heavy atom. The standard InChI is InChI=1S/C19H18N4O3S/c1-2-26-14-8-6-13(7-9-14)18(25)21-11-17(24)23-19-22-16(12-27-19)15-5-3-4-10-20-15/h3-10,12H,2,11H2,1H3,(H,21,25)(H,22,23,24). The summed E-state index contributed by atoms with van der Waals surface area (Å²) in [5.74, 6) is 0.0111. The minimum absolute atomic E-state index is 0.148. The summed E-state index contributed by atoms with van der Waals surface area (Å²) < 4.78 is 5.33. The maximum atomic E-state index is 12.1. The Morgan fingerprint density at radius 3 is 2.63 bits per heavy atom. The third-order valence-electron chi connectivity index (χ3n) is 3.51. The van der Waals surface area contributed by atoms with Crippen molar-refractivity contribution in [2.45, 2.75) is 6.92 Å². The van der Waals surface area contributed by atoms with Gasteiger partial charge in [-0.05, 0) is 43.3 Å². The number of aromatic nitrogens is 2. The monoisotopic (exact) mass is 382 g/mol. The summed E-state index contributed by atoms with van der Waals surface area (Å²) in [6.45, 7) is 2.30. The van der Waals surface area contributed by atoms with Crippen molar-refractivity contribution in [1.29, 1.82) is 0 Å². The Hall–Kier alpha value is -3.26. The summed E-state index contributed by atoms with van der Waals surface area (Å²) in [4.78, 5) is 32.7. The van der Waals surface area contributed by atoms with Gasteiger partial charge in [-0.25, -0.2) is 4.98 Å². The molecular weight excluding hydrogens is 364 g/mol. The van der Waals surface area contributed by atoms with Gasteiger partial charge in [0.15, 0.2) is 5.13 Å². The summed E-state index contributed by atoms with van der Waals surface area (Å²) in [5, 5.41) is 7.52. The molecule has 0 saturated heterocycles. The van der Waals surface area contributed by atoms with Crippen LogP contribution >= 0.6 is 11.3 Å². The van der Waals surface area contributed by atoms with E-state index in [0.717, 1.165) is 5.69 Å². The highest BCUT2D eigenvalue weighted by Gasteiger charge is 2.11. The minimum atomic E-state index is -0.351. The number of thiazole rings is 1. The Balaban J connectivity index is 1.51. The number of carbonyl (C=O) groups is 2. The molecule has 0 aliphatic carbocycles. The molecule has 1 aromatic carbocycles. The maximum absolute atomic E-state index is 12.1. The SMILES string of the molecule is CCOc1ccc(C(=O)NCC(=O)Nc2nc(-c3ccccn3)cs2)cc1. The van der Waals surface area contributed by atoms with Crippen molar-refractivity contribution >= 4 is 28.3 Å². The predicted octanol–water partition coefficient (Wildman–Crippen LogP) is 2.97. The van der Waals surface area contributed by atoms with Gasteiger partial charge in [-0.1, -0.05) is 6.07 Å². The molecule has 2 N–H and O–H groups in total. The maximum Gasteiger partial charge on any atom is 0.251 e. The van der Waals surface area contributed by atoms with E-state index in [9.17, 15) is 9.59 Å². The van der Waals surface area contributed by atoms with E-state index in [1.165, 1.54) is 11.3 Å². The molecule has 0 fully saturated rings. The molecule has 2 heterocycles. The van der Waals surface area contributed by atoms with Crippen molar-refractivity contribution in [1.82, 2.24) is 15.3 Å². The van der Waals surface area contributed by atoms with Gasteiger partial charge in [-0.15, -0.1) is 11.3 Å². The first kappa shape index (κ1) is 18.5. The summed E-state index contributed by atoms with van der Waals surface area (Å²) in [7, 11) is 0. The zero-order valence-corrected chi connectivity index (χ0v) is 15.5. The van der Waals surface area contributed by atoms with Gasteiger partial charge >= 0.3 is 0 Å². The first-order chi connectivity index (χ1) is 13.2. The fraction of sp³-hybridized carbons (Fsp3) is 0.158. The van der Waals surface area contributed by atoms with Gasteiger partial charge in [0.1, 0.15) is 11.4 Å². The molecule has 3 aromatic rings. The molecule has 2 amide bonds. The Kier molecular flexibility index (Phi) is 6.11. The van der Waals surface area contributed by atoms with Crippen molar-refractivity contribution in [3.05, 3.63) is 59.6 Å². The second kappa shape index (κ2) is 8.91. The van der Waals surface area contributed by atoms with Crippen molar-refractivity contribution in [3.63, 3.8) is 0 Å². The fourth-order valence-corrected chi connectivity index (χ4v) is 2.98. The van der Waals surface area contributed by atoms with Crippen molar-refractivity contribution < 1.29 is 14.3 Å². The van der Waals surface area contributed by atoms with Crippen molar-refractivity contribution in [2.75, 3.05) is 18.5 Å². The molecule has 0 unspecified atom stereocenters. The van der Waals surface area contributed by atoms with Crippen LogP contribution in [-0.2, 0) is 4.79 Å². The Bertz CT molecular complexity index is 910. The van der Waals surface area contributed by atoms with Gasteiger partial charge < -0.3 is 15.4 Å². The van der Waals surface area contributed by atoms with E-state index in [1.54, 1.807) is 30.5 Å². The molecule has 3 rings (SSSR count). The highest BCUT2D eigenvalue weighted by molar-refractivity contribution is 7.14. The van der Waals surface area contributed by atoms with Crippen molar-refractivity contribution in [2.24, 2.45) is 0 Å². The van der Waals surface area contributed by atoms with Crippen LogP contribution in [-0.4, -0.2) is 34.9 Å². The van der Waals surface area contributed by atoms with E-state index in [0.29, 0.717) is 28.7 Å². The van der Waals surface area contributed by atoms with E-state index in [-0.39, 0.29) is 18.4 Å². The molecule has 0 aliphatic rings. The van der Waals surface area contributed by atoms with Crippen LogP contribution in [0.1, 0.15) is 17.3 Å². The third-order valence-corrected chi connectivity index (χ3v) is 4.27. The third kappa shape index (κ3) is 5.11. The lowest BCUT2D eigenvalue weighted by Crippen LogP contribution is -2.32. The average Bonchev–Trinajstić information content (AvgIpc) is 3.16. The number of nitrogens with one attached hydrogen (secondary N) is 2. The van der Waals surface area contributed by atoms with E-state index in [4.69, 9.17) is 4.74 Å². The van der Waals surface area contributed by atoms with Gasteiger partial charge in [0.2, 0.25) is 5.91 Å². The number of anilines is 1. The van der Waals surface area contributed by atoms with Crippen LogP contribution in [0.2, 0.25) is 0 Å². The van der Waals surface area contributed by atoms with Crippen LogP contribution in [0.15, 0.2) is 54.0 Å². The molecule has 0 spiro atoms. The lowest BCUT2D eigenvalue weighted by molar-refractivity contribution is -0.115.